The Hall–Kier alpha value is -2.09. The van der Waals surface area contributed by atoms with Crippen molar-refractivity contribution in [1.29, 1.82) is 0 Å². The van der Waals surface area contributed by atoms with Gasteiger partial charge in [-0.15, -0.1) is 10.2 Å². The SMILES string of the molecule is CCN(CC)S(=O)(=O)c1ccc(NS(=O)(=O)c2nnc(NC(=O)C(C)(C)C)s2)cc1. The smallest absolute Gasteiger partial charge is 0.291 e. The van der Waals surface area contributed by atoms with Gasteiger partial charge in [-0.2, -0.15) is 12.7 Å². The van der Waals surface area contributed by atoms with E-state index in [0.717, 1.165) is 0 Å². The lowest BCUT2D eigenvalue weighted by Crippen LogP contribution is -2.30. The molecule has 0 aliphatic heterocycles. The molecule has 0 atom stereocenters. The number of amides is 1. The number of anilines is 2. The van der Waals surface area contributed by atoms with Gasteiger partial charge >= 0.3 is 0 Å². The Morgan fingerprint density at radius 2 is 1.60 bits per heavy atom. The highest BCUT2D eigenvalue weighted by Crippen LogP contribution is 2.25. The molecule has 2 rings (SSSR count). The number of sulfonamides is 2. The minimum atomic E-state index is -4.05. The summed E-state index contributed by atoms with van der Waals surface area (Å²) in [6, 6.07) is 5.38. The van der Waals surface area contributed by atoms with Crippen molar-refractivity contribution in [2.24, 2.45) is 5.41 Å². The summed E-state index contributed by atoms with van der Waals surface area (Å²) < 4.78 is 53.4. The van der Waals surface area contributed by atoms with E-state index in [9.17, 15) is 21.6 Å². The van der Waals surface area contributed by atoms with Crippen LogP contribution in [-0.2, 0) is 24.8 Å². The number of hydrogen-bond donors (Lipinski definition) is 2. The zero-order chi connectivity index (χ0) is 22.7. The normalized spacial score (nSPS) is 12.7. The Morgan fingerprint density at radius 3 is 2.10 bits per heavy atom. The first-order valence-corrected chi connectivity index (χ1v) is 12.8. The van der Waals surface area contributed by atoms with Crippen LogP contribution in [0.25, 0.3) is 0 Å². The van der Waals surface area contributed by atoms with Gasteiger partial charge in [0.15, 0.2) is 0 Å². The van der Waals surface area contributed by atoms with Crippen LogP contribution < -0.4 is 10.0 Å². The second-order valence-corrected chi connectivity index (χ2v) is 12.1. The van der Waals surface area contributed by atoms with Gasteiger partial charge in [0.05, 0.1) is 4.90 Å². The van der Waals surface area contributed by atoms with Crippen LogP contribution in [-0.4, -0.2) is 50.3 Å². The van der Waals surface area contributed by atoms with E-state index >= 15 is 0 Å². The summed E-state index contributed by atoms with van der Waals surface area (Å²) in [5.41, 5.74) is -0.500. The van der Waals surface area contributed by atoms with Crippen molar-refractivity contribution in [2.45, 2.75) is 43.9 Å². The zero-order valence-corrected chi connectivity index (χ0v) is 19.8. The maximum atomic E-state index is 12.5. The number of rotatable bonds is 8. The summed E-state index contributed by atoms with van der Waals surface area (Å²) in [5, 5.41) is 9.91. The molecule has 2 aromatic rings. The monoisotopic (exact) mass is 475 g/mol. The summed E-state index contributed by atoms with van der Waals surface area (Å²) in [7, 11) is -7.69. The molecule has 0 aliphatic carbocycles. The van der Waals surface area contributed by atoms with Crippen LogP contribution in [0.2, 0.25) is 0 Å². The molecular weight excluding hydrogens is 450 g/mol. The molecule has 2 N–H and O–H groups in total. The van der Waals surface area contributed by atoms with Gasteiger partial charge in [0.1, 0.15) is 0 Å². The van der Waals surface area contributed by atoms with E-state index in [0.29, 0.717) is 24.4 Å². The van der Waals surface area contributed by atoms with E-state index in [2.05, 4.69) is 20.2 Å². The standard InChI is InChI=1S/C17H25N5O5S3/c1-6-22(7-2)30(26,27)13-10-8-12(9-11-13)21-29(24,25)16-20-19-15(28-16)18-14(23)17(3,4)5/h8-11,21H,6-7H2,1-5H3,(H,18,19,23). The van der Waals surface area contributed by atoms with Gasteiger partial charge in [0.25, 0.3) is 14.4 Å². The average Bonchev–Trinajstić information content (AvgIpc) is 3.11. The van der Waals surface area contributed by atoms with Gasteiger partial charge < -0.3 is 5.32 Å². The lowest BCUT2D eigenvalue weighted by Gasteiger charge is -2.18. The predicted molar refractivity (Wildman–Crippen MR) is 115 cm³/mol. The Bertz CT molecular complexity index is 1100. The summed E-state index contributed by atoms with van der Waals surface area (Å²) in [4.78, 5) is 12.1. The van der Waals surface area contributed by atoms with E-state index in [4.69, 9.17) is 0 Å². The lowest BCUT2D eigenvalue weighted by molar-refractivity contribution is -0.123. The molecule has 0 radical (unpaired) electrons. The van der Waals surface area contributed by atoms with Crippen molar-refractivity contribution in [3.8, 4) is 0 Å². The molecule has 0 saturated carbocycles. The van der Waals surface area contributed by atoms with Crippen molar-refractivity contribution in [3.05, 3.63) is 24.3 Å². The number of benzene rings is 1. The first kappa shape index (κ1) is 24.2. The molecule has 1 amide bonds. The van der Waals surface area contributed by atoms with Gasteiger partial charge in [-0.25, -0.2) is 8.42 Å². The van der Waals surface area contributed by atoms with E-state index in [1.165, 1.54) is 28.6 Å². The van der Waals surface area contributed by atoms with E-state index < -0.39 is 25.5 Å². The molecule has 13 heteroatoms. The van der Waals surface area contributed by atoms with E-state index in [1.54, 1.807) is 34.6 Å². The molecule has 0 aliphatic rings. The van der Waals surface area contributed by atoms with Crippen LogP contribution in [0, 0.1) is 5.41 Å². The Morgan fingerprint density at radius 1 is 1.03 bits per heavy atom. The van der Waals surface area contributed by atoms with Crippen LogP contribution in [0.3, 0.4) is 0 Å². The fourth-order valence-electron chi connectivity index (χ4n) is 2.26. The number of carbonyl (C=O) groups is 1. The molecule has 166 valence electrons. The molecule has 1 aromatic heterocycles. The van der Waals surface area contributed by atoms with Crippen LogP contribution in [0.5, 0.6) is 0 Å². The van der Waals surface area contributed by atoms with Gasteiger partial charge in [0, 0.05) is 24.2 Å². The zero-order valence-electron chi connectivity index (χ0n) is 17.3. The van der Waals surface area contributed by atoms with E-state index in [1.807, 2.05) is 0 Å². The fourth-order valence-corrected chi connectivity index (χ4v) is 5.67. The van der Waals surface area contributed by atoms with Crippen LogP contribution in [0.4, 0.5) is 10.8 Å². The Labute approximate surface area is 180 Å². The van der Waals surface area contributed by atoms with Gasteiger partial charge in [0.2, 0.25) is 21.1 Å². The molecule has 0 spiro atoms. The summed E-state index contributed by atoms with van der Waals surface area (Å²) in [6.07, 6.45) is 0. The minimum Gasteiger partial charge on any atom is -0.300 e. The first-order chi connectivity index (χ1) is 13.8. The van der Waals surface area contributed by atoms with Gasteiger partial charge in [-0.05, 0) is 24.3 Å². The highest BCUT2D eigenvalue weighted by molar-refractivity contribution is 7.94. The molecule has 10 nitrogen and oxygen atoms in total. The number of carbonyl (C=O) groups excluding carboxylic acids is 1. The summed E-state index contributed by atoms with van der Waals surface area (Å²) in [6.45, 7) is 9.29. The number of aromatic nitrogens is 2. The first-order valence-electron chi connectivity index (χ1n) is 9.09. The second kappa shape index (κ2) is 8.96. The molecule has 0 saturated heterocycles. The highest BCUT2D eigenvalue weighted by Gasteiger charge is 2.26. The topological polar surface area (TPSA) is 138 Å². The number of nitrogens with zero attached hydrogens (tertiary/aromatic N) is 3. The maximum absolute atomic E-state index is 12.5. The summed E-state index contributed by atoms with van der Waals surface area (Å²) >= 11 is 0.714. The second-order valence-electron chi connectivity index (χ2n) is 7.30. The van der Waals surface area contributed by atoms with Crippen molar-refractivity contribution in [3.63, 3.8) is 0 Å². The average molecular weight is 476 g/mol. The van der Waals surface area contributed by atoms with Gasteiger partial charge in [-0.1, -0.05) is 46.0 Å². The Balaban J connectivity index is 2.17. The van der Waals surface area contributed by atoms with Crippen LogP contribution in [0.1, 0.15) is 34.6 Å². The summed E-state index contributed by atoms with van der Waals surface area (Å²) in [5.74, 6) is -0.319. The third-order valence-corrected chi connectivity index (χ3v) is 8.64. The van der Waals surface area contributed by atoms with E-state index in [-0.39, 0.29) is 26.0 Å². The quantitative estimate of drug-likeness (QED) is 0.559. The van der Waals surface area contributed by atoms with Crippen molar-refractivity contribution in [1.82, 2.24) is 14.5 Å². The highest BCUT2D eigenvalue weighted by atomic mass is 32.2. The molecule has 0 fully saturated rings. The largest absolute Gasteiger partial charge is 0.300 e. The van der Waals surface area contributed by atoms with Crippen molar-refractivity contribution < 1.29 is 21.6 Å². The molecule has 30 heavy (non-hydrogen) atoms. The van der Waals surface area contributed by atoms with Crippen molar-refractivity contribution >= 4 is 48.1 Å². The third-order valence-electron chi connectivity index (χ3n) is 3.99. The number of hydrogen-bond acceptors (Lipinski definition) is 8. The molecular formula is C17H25N5O5S3. The number of nitrogens with one attached hydrogen (secondary N) is 2. The molecule has 0 unspecified atom stereocenters. The van der Waals surface area contributed by atoms with Crippen LogP contribution in [0.15, 0.2) is 33.5 Å². The van der Waals surface area contributed by atoms with Gasteiger partial charge in [-0.3, -0.25) is 9.52 Å². The minimum absolute atomic E-state index is 0.0657. The Kier molecular flexibility index (Phi) is 7.22. The lowest BCUT2D eigenvalue weighted by atomic mass is 9.96. The van der Waals surface area contributed by atoms with Crippen molar-refractivity contribution in [2.75, 3.05) is 23.1 Å². The molecule has 1 heterocycles. The maximum Gasteiger partial charge on any atom is 0.291 e. The van der Waals surface area contributed by atoms with Crippen LogP contribution >= 0.6 is 11.3 Å². The predicted octanol–water partition coefficient (Wildman–Crippen LogP) is 2.35. The molecule has 0 bridgehead atoms. The molecule has 1 aromatic carbocycles. The third kappa shape index (κ3) is 5.53. The fraction of sp³-hybridized carbons (Fsp3) is 0.471.